The van der Waals surface area contributed by atoms with Crippen molar-refractivity contribution in [3.63, 3.8) is 0 Å². The highest BCUT2D eigenvalue weighted by molar-refractivity contribution is 5.97. The number of amides is 2. The highest BCUT2D eigenvalue weighted by Gasteiger charge is 2.42. The molecule has 1 unspecified atom stereocenters. The van der Waals surface area contributed by atoms with Crippen molar-refractivity contribution in [2.24, 2.45) is 5.84 Å². The van der Waals surface area contributed by atoms with Crippen LogP contribution in [0.15, 0.2) is 79.1 Å². The van der Waals surface area contributed by atoms with E-state index in [0.717, 1.165) is 10.8 Å². The number of pyridine rings is 1. The van der Waals surface area contributed by atoms with Crippen LogP contribution in [0.2, 0.25) is 0 Å². The number of rotatable bonds is 13. The standard InChI is InChI=1S/C34H38F3N5O4/c1-5-16-41(33(44)34(35,36)37)27-9-7-8-23(17-27)20-40-32(43)31(25-11-13-29(46-22(3)4)30(19-25)45-6-2)42(38)28-12-10-26-21-39-15-14-24(26)18-28/h7-15,17-19,21-22,31H,5-6,16,20,38H2,1-4H3,(H,40,43). The number of nitrogens with one attached hydrogen (secondary N) is 1. The zero-order valence-electron chi connectivity index (χ0n) is 26.2. The molecule has 3 N–H and O–H groups in total. The highest BCUT2D eigenvalue weighted by Crippen LogP contribution is 2.35. The van der Waals surface area contributed by atoms with E-state index in [1.165, 1.54) is 17.1 Å². The average molecular weight is 638 g/mol. The van der Waals surface area contributed by atoms with Crippen molar-refractivity contribution in [2.45, 2.75) is 59.0 Å². The number of nitrogens with two attached hydrogens (primary N) is 1. The molecule has 1 atom stereocenters. The Morgan fingerprint density at radius 3 is 2.43 bits per heavy atom. The molecule has 12 heteroatoms. The minimum Gasteiger partial charge on any atom is -0.490 e. The molecule has 0 saturated carbocycles. The number of nitrogens with zero attached hydrogens (tertiary/aromatic N) is 3. The summed E-state index contributed by atoms with van der Waals surface area (Å²) in [4.78, 5) is 30.9. The van der Waals surface area contributed by atoms with Crippen LogP contribution in [-0.4, -0.2) is 42.2 Å². The summed E-state index contributed by atoms with van der Waals surface area (Å²) in [5, 5.41) is 6.00. The van der Waals surface area contributed by atoms with Crippen molar-refractivity contribution in [3.8, 4) is 11.5 Å². The van der Waals surface area contributed by atoms with Gasteiger partial charge in [0.1, 0.15) is 6.04 Å². The number of carbonyl (C=O) groups excluding carboxylic acids is 2. The van der Waals surface area contributed by atoms with Crippen LogP contribution in [-0.2, 0) is 16.1 Å². The average Bonchev–Trinajstić information content (AvgIpc) is 3.03. The van der Waals surface area contributed by atoms with Crippen molar-refractivity contribution < 1.29 is 32.2 Å². The summed E-state index contributed by atoms with van der Waals surface area (Å²) in [5.74, 6) is 5.22. The molecule has 0 aliphatic heterocycles. The van der Waals surface area contributed by atoms with E-state index in [4.69, 9.17) is 15.3 Å². The maximum Gasteiger partial charge on any atom is 0.471 e. The largest absolute Gasteiger partial charge is 0.490 e. The third-order valence-electron chi connectivity index (χ3n) is 7.02. The summed E-state index contributed by atoms with van der Waals surface area (Å²) in [5.41, 5.74) is 1.66. The number of ether oxygens (including phenoxy) is 2. The maximum atomic E-state index is 14.0. The second-order valence-corrected chi connectivity index (χ2v) is 10.9. The van der Waals surface area contributed by atoms with Crippen molar-refractivity contribution in [1.82, 2.24) is 10.3 Å². The van der Waals surface area contributed by atoms with E-state index in [9.17, 15) is 22.8 Å². The number of hydrogen-bond donors (Lipinski definition) is 2. The summed E-state index contributed by atoms with van der Waals surface area (Å²) in [6.45, 7) is 7.53. The topological polar surface area (TPSA) is 110 Å². The Hall–Kier alpha value is -4.84. The summed E-state index contributed by atoms with van der Waals surface area (Å²) in [7, 11) is 0. The van der Waals surface area contributed by atoms with Crippen LogP contribution in [0, 0.1) is 0 Å². The van der Waals surface area contributed by atoms with Crippen LogP contribution in [0.3, 0.4) is 0 Å². The SMILES string of the molecule is CCCN(C(=O)C(F)(F)F)c1cccc(CNC(=O)C(c2ccc(OC(C)C)c(OCC)c2)N(N)c2ccc3cnccc3c2)c1. The molecule has 0 aliphatic rings. The van der Waals surface area contributed by atoms with Gasteiger partial charge in [-0.2, -0.15) is 13.2 Å². The molecule has 1 heterocycles. The van der Waals surface area contributed by atoms with Crippen molar-refractivity contribution in [3.05, 3.63) is 90.3 Å². The predicted molar refractivity (Wildman–Crippen MR) is 172 cm³/mol. The van der Waals surface area contributed by atoms with E-state index in [1.54, 1.807) is 55.7 Å². The van der Waals surface area contributed by atoms with Crippen LogP contribution in [0.4, 0.5) is 24.5 Å². The molecule has 4 aromatic rings. The molecule has 4 rings (SSSR count). The van der Waals surface area contributed by atoms with Crippen LogP contribution in [0.25, 0.3) is 10.8 Å². The van der Waals surface area contributed by atoms with Gasteiger partial charge in [0, 0.05) is 36.6 Å². The van der Waals surface area contributed by atoms with Gasteiger partial charge in [-0.1, -0.05) is 31.2 Å². The smallest absolute Gasteiger partial charge is 0.471 e. The van der Waals surface area contributed by atoms with Gasteiger partial charge < -0.3 is 19.7 Å². The van der Waals surface area contributed by atoms with Crippen molar-refractivity contribution in [1.29, 1.82) is 0 Å². The van der Waals surface area contributed by atoms with Gasteiger partial charge in [-0.3, -0.25) is 19.6 Å². The van der Waals surface area contributed by atoms with Gasteiger partial charge in [0.25, 0.3) is 0 Å². The first-order chi connectivity index (χ1) is 21.9. The highest BCUT2D eigenvalue weighted by atomic mass is 19.4. The lowest BCUT2D eigenvalue weighted by Crippen LogP contribution is -2.44. The molecule has 0 saturated heterocycles. The Balaban J connectivity index is 1.67. The quantitative estimate of drug-likeness (QED) is 0.128. The second-order valence-electron chi connectivity index (χ2n) is 10.9. The number of fused-ring (bicyclic) bond motifs is 1. The van der Waals surface area contributed by atoms with Gasteiger partial charge in [0.05, 0.1) is 18.4 Å². The molecule has 3 aromatic carbocycles. The maximum absolute atomic E-state index is 14.0. The zero-order chi connectivity index (χ0) is 33.4. The lowest BCUT2D eigenvalue weighted by atomic mass is 10.0. The molecule has 0 fully saturated rings. The van der Waals surface area contributed by atoms with Crippen molar-refractivity contribution in [2.75, 3.05) is 23.1 Å². The fraction of sp³-hybridized carbons (Fsp3) is 0.324. The fourth-order valence-corrected chi connectivity index (χ4v) is 4.98. The molecule has 0 aliphatic carbocycles. The van der Waals surface area contributed by atoms with Gasteiger partial charge >= 0.3 is 12.1 Å². The zero-order valence-corrected chi connectivity index (χ0v) is 26.2. The Morgan fingerprint density at radius 1 is 0.957 bits per heavy atom. The summed E-state index contributed by atoms with van der Waals surface area (Å²) in [6, 6.07) is 17.5. The number of alkyl halides is 3. The van der Waals surface area contributed by atoms with E-state index < -0.39 is 24.0 Å². The molecular weight excluding hydrogens is 599 g/mol. The monoisotopic (exact) mass is 637 g/mol. The normalized spacial score (nSPS) is 12.1. The molecule has 46 heavy (non-hydrogen) atoms. The van der Waals surface area contributed by atoms with Gasteiger partial charge in [-0.25, -0.2) is 5.84 Å². The van der Waals surface area contributed by atoms with E-state index in [-0.39, 0.29) is 24.9 Å². The van der Waals surface area contributed by atoms with Crippen LogP contribution in [0.1, 0.15) is 51.3 Å². The first-order valence-corrected chi connectivity index (χ1v) is 15.0. The molecule has 0 spiro atoms. The van der Waals surface area contributed by atoms with Gasteiger partial charge in [-0.05, 0) is 86.2 Å². The Morgan fingerprint density at radius 2 is 1.74 bits per heavy atom. The fourth-order valence-electron chi connectivity index (χ4n) is 4.98. The number of hydrogen-bond acceptors (Lipinski definition) is 7. The number of carbonyl (C=O) groups is 2. The van der Waals surface area contributed by atoms with Gasteiger partial charge in [0.15, 0.2) is 11.5 Å². The number of aromatic nitrogens is 1. The Kier molecular flexibility index (Phi) is 11.1. The van der Waals surface area contributed by atoms with Crippen LogP contribution in [0.5, 0.6) is 11.5 Å². The van der Waals surface area contributed by atoms with Gasteiger partial charge in [-0.15, -0.1) is 0 Å². The molecule has 9 nitrogen and oxygen atoms in total. The first-order valence-electron chi connectivity index (χ1n) is 15.0. The van der Waals surface area contributed by atoms with Crippen molar-refractivity contribution >= 4 is 34.0 Å². The third-order valence-corrected chi connectivity index (χ3v) is 7.02. The molecule has 244 valence electrons. The lowest BCUT2D eigenvalue weighted by Gasteiger charge is -2.30. The van der Waals surface area contributed by atoms with Crippen LogP contribution < -0.4 is 30.5 Å². The molecule has 2 amide bonds. The Labute approximate surface area is 266 Å². The van der Waals surface area contributed by atoms with E-state index in [1.807, 2.05) is 39.0 Å². The molecule has 1 aromatic heterocycles. The minimum atomic E-state index is -5.02. The number of anilines is 2. The Bertz CT molecular complexity index is 1660. The van der Waals surface area contributed by atoms with Crippen LogP contribution >= 0.6 is 0 Å². The summed E-state index contributed by atoms with van der Waals surface area (Å²) < 4.78 is 51.6. The molecule has 0 radical (unpaired) electrons. The minimum absolute atomic E-state index is 0.0343. The first kappa shape index (κ1) is 34.0. The molecular formula is C34H38F3N5O4. The molecule has 0 bridgehead atoms. The summed E-state index contributed by atoms with van der Waals surface area (Å²) in [6.07, 6.45) is -1.42. The van der Waals surface area contributed by atoms with Gasteiger partial charge in [0.2, 0.25) is 5.91 Å². The number of hydrazine groups is 1. The van der Waals surface area contributed by atoms with E-state index >= 15 is 0 Å². The number of benzene rings is 3. The summed E-state index contributed by atoms with van der Waals surface area (Å²) >= 11 is 0. The predicted octanol–water partition coefficient (Wildman–Crippen LogP) is 6.46. The lowest BCUT2D eigenvalue weighted by molar-refractivity contribution is -0.170. The second kappa shape index (κ2) is 15.0. The van der Waals surface area contributed by atoms with E-state index in [0.29, 0.717) is 46.2 Å². The third kappa shape index (κ3) is 8.25. The van der Waals surface area contributed by atoms with E-state index in [2.05, 4.69) is 10.3 Å². The number of halogens is 3.